The second-order valence-corrected chi connectivity index (χ2v) is 4.93. The number of aromatic hydroxyl groups is 1. The molecule has 0 bridgehead atoms. The van der Waals surface area contributed by atoms with E-state index in [4.69, 9.17) is 9.84 Å². The number of likely N-dealkylation sites (N-methyl/N-ethyl adjacent to an activating group) is 1. The van der Waals surface area contributed by atoms with Gasteiger partial charge in [-0.25, -0.2) is 8.78 Å². The van der Waals surface area contributed by atoms with E-state index < -0.39 is 17.4 Å². The highest BCUT2D eigenvalue weighted by atomic mass is 19.1. The van der Waals surface area contributed by atoms with Crippen LogP contribution in [-0.2, 0) is 11.3 Å². The molecule has 0 aliphatic carbocycles. The molecule has 1 aliphatic rings. The molecule has 1 aliphatic heterocycles. The minimum absolute atomic E-state index is 0.0931. The first-order valence-electron chi connectivity index (χ1n) is 6.81. The summed E-state index contributed by atoms with van der Waals surface area (Å²) in [6, 6.07) is 2.26. The van der Waals surface area contributed by atoms with Crippen LogP contribution < -0.4 is 5.32 Å². The highest BCUT2D eigenvalue weighted by molar-refractivity contribution is 5.29. The van der Waals surface area contributed by atoms with Gasteiger partial charge in [0.25, 0.3) is 0 Å². The molecule has 20 heavy (non-hydrogen) atoms. The molecule has 0 amide bonds. The molecule has 112 valence electrons. The van der Waals surface area contributed by atoms with Crippen molar-refractivity contribution < 1.29 is 18.6 Å². The summed E-state index contributed by atoms with van der Waals surface area (Å²) in [5, 5.41) is 12.1. The molecule has 4 nitrogen and oxygen atoms in total. The van der Waals surface area contributed by atoms with Gasteiger partial charge in [0.1, 0.15) is 0 Å². The van der Waals surface area contributed by atoms with E-state index in [0.717, 1.165) is 31.8 Å². The van der Waals surface area contributed by atoms with Gasteiger partial charge >= 0.3 is 0 Å². The summed E-state index contributed by atoms with van der Waals surface area (Å²) in [4.78, 5) is 2.30. The largest absolute Gasteiger partial charge is 0.503 e. The summed E-state index contributed by atoms with van der Waals surface area (Å²) in [5.41, 5.74) is 0.459. The van der Waals surface area contributed by atoms with Crippen LogP contribution in [-0.4, -0.2) is 48.9 Å². The van der Waals surface area contributed by atoms with E-state index in [9.17, 15) is 8.78 Å². The van der Waals surface area contributed by atoms with Crippen molar-refractivity contribution in [3.63, 3.8) is 0 Å². The summed E-state index contributed by atoms with van der Waals surface area (Å²) < 4.78 is 32.0. The van der Waals surface area contributed by atoms with Gasteiger partial charge in [-0.15, -0.1) is 0 Å². The van der Waals surface area contributed by atoms with Crippen LogP contribution in [0.1, 0.15) is 12.5 Å². The van der Waals surface area contributed by atoms with Crippen LogP contribution in [0.15, 0.2) is 12.1 Å². The zero-order valence-electron chi connectivity index (χ0n) is 11.5. The third-order valence-electron chi connectivity index (χ3n) is 3.45. The molecule has 1 atom stereocenters. The molecule has 1 aromatic rings. The smallest absolute Gasteiger partial charge is 0.187 e. The predicted molar refractivity (Wildman–Crippen MR) is 71.6 cm³/mol. The highest BCUT2D eigenvalue weighted by Gasteiger charge is 2.18. The van der Waals surface area contributed by atoms with Crippen molar-refractivity contribution in [1.29, 1.82) is 0 Å². The number of halogens is 2. The molecule has 6 heteroatoms. The quantitative estimate of drug-likeness (QED) is 0.860. The molecule has 1 aromatic carbocycles. The standard InChI is InChI=1S/C14H20F2N2O2/c1-2-18-3-4-20-11(9-18)8-17-7-10-5-12(15)14(19)13(16)6-10/h5-6,11,17,19H,2-4,7-9H2,1H3. The van der Waals surface area contributed by atoms with E-state index in [2.05, 4.69) is 17.1 Å². The van der Waals surface area contributed by atoms with Crippen LogP contribution >= 0.6 is 0 Å². The lowest BCUT2D eigenvalue weighted by molar-refractivity contribution is -0.0253. The Labute approximate surface area is 117 Å². The third-order valence-corrected chi connectivity index (χ3v) is 3.45. The number of ether oxygens (including phenoxy) is 1. The second-order valence-electron chi connectivity index (χ2n) is 4.93. The number of hydrogen-bond acceptors (Lipinski definition) is 4. The molecule has 1 unspecified atom stereocenters. The van der Waals surface area contributed by atoms with Crippen LogP contribution in [0.3, 0.4) is 0 Å². The Hall–Kier alpha value is -1.24. The Morgan fingerprint density at radius 3 is 2.75 bits per heavy atom. The second kappa shape index (κ2) is 6.97. The fourth-order valence-corrected chi connectivity index (χ4v) is 2.29. The maximum atomic E-state index is 13.2. The Bertz CT molecular complexity index is 434. The zero-order chi connectivity index (χ0) is 14.5. The van der Waals surface area contributed by atoms with Crippen molar-refractivity contribution >= 4 is 0 Å². The van der Waals surface area contributed by atoms with Gasteiger partial charge in [-0.1, -0.05) is 6.92 Å². The summed E-state index contributed by atoms with van der Waals surface area (Å²) in [7, 11) is 0. The van der Waals surface area contributed by atoms with Crippen LogP contribution in [0.5, 0.6) is 5.75 Å². The number of rotatable bonds is 5. The maximum Gasteiger partial charge on any atom is 0.187 e. The first-order valence-corrected chi connectivity index (χ1v) is 6.81. The molecular weight excluding hydrogens is 266 g/mol. The van der Waals surface area contributed by atoms with Gasteiger partial charge < -0.3 is 15.2 Å². The molecule has 0 aromatic heterocycles. The number of morpholine rings is 1. The van der Waals surface area contributed by atoms with Gasteiger partial charge in [-0.2, -0.15) is 0 Å². The topological polar surface area (TPSA) is 44.7 Å². The highest BCUT2D eigenvalue weighted by Crippen LogP contribution is 2.21. The van der Waals surface area contributed by atoms with E-state index in [1.54, 1.807) is 0 Å². The molecule has 1 saturated heterocycles. The molecule has 0 spiro atoms. The molecule has 0 radical (unpaired) electrons. The fraction of sp³-hybridized carbons (Fsp3) is 0.571. The predicted octanol–water partition coefficient (Wildman–Crippen LogP) is 1.48. The fourth-order valence-electron chi connectivity index (χ4n) is 2.29. The lowest BCUT2D eigenvalue weighted by Gasteiger charge is -2.32. The average molecular weight is 286 g/mol. The number of benzene rings is 1. The van der Waals surface area contributed by atoms with Crippen LogP contribution in [0.2, 0.25) is 0 Å². The molecule has 1 fully saturated rings. The number of hydrogen-bond donors (Lipinski definition) is 2. The number of phenolic OH excluding ortho intramolecular Hbond substituents is 1. The van der Waals surface area contributed by atoms with Crippen molar-refractivity contribution in [2.45, 2.75) is 19.6 Å². The maximum absolute atomic E-state index is 13.2. The lowest BCUT2D eigenvalue weighted by Crippen LogP contribution is -2.46. The van der Waals surface area contributed by atoms with Crippen LogP contribution in [0, 0.1) is 11.6 Å². The monoisotopic (exact) mass is 286 g/mol. The molecule has 1 heterocycles. The zero-order valence-corrected chi connectivity index (χ0v) is 11.5. The van der Waals surface area contributed by atoms with Gasteiger partial charge in [-0.3, -0.25) is 4.90 Å². The van der Waals surface area contributed by atoms with Crippen molar-refractivity contribution in [3.05, 3.63) is 29.3 Å². The SMILES string of the molecule is CCN1CCOC(CNCc2cc(F)c(O)c(F)c2)C1. The van der Waals surface area contributed by atoms with Gasteiger partial charge in [0.05, 0.1) is 12.7 Å². The van der Waals surface area contributed by atoms with Crippen LogP contribution in [0.25, 0.3) is 0 Å². The third kappa shape index (κ3) is 3.88. The van der Waals surface area contributed by atoms with Crippen molar-refractivity contribution in [2.75, 3.05) is 32.8 Å². The van der Waals surface area contributed by atoms with E-state index >= 15 is 0 Å². The summed E-state index contributed by atoms with van der Waals surface area (Å²) in [6.07, 6.45) is 0.0931. The number of nitrogens with one attached hydrogen (secondary N) is 1. The molecule has 2 N–H and O–H groups in total. The Kier molecular flexibility index (Phi) is 5.28. The van der Waals surface area contributed by atoms with Crippen molar-refractivity contribution in [3.8, 4) is 5.75 Å². The molecule has 2 rings (SSSR count). The van der Waals surface area contributed by atoms with E-state index in [1.165, 1.54) is 0 Å². The summed E-state index contributed by atoms with van der Waals surface area (Å²) in [6.45, 7) is 6.58. The van der Waals surface area contributed by atoms with Crippen molar-refractivity contribution in [2.24, 2.45) is 0 Å². The van der Waals surface area contributed by atoms with Gasteiger partial charge in [0, 0.05) is 26.2 Å². The van der Waals surface area contributed by atoms with E-state index in [-0.39, 0.29) is 6.10 Å². The van der Waals surface area contributed by atoms with E-state index in [0.29, 0.717) is 25.3 Å². The normalized spacial score (nSPS) is 20.2. The van der Waals surface area contributed by atoms with Gasteiger partial charge in [0.2, 0.25) is 0 Å². The van der Waals surface area contributed by atoms with Crippen LogP contribution in [0.4, 0.5) is 8.78 Å². The Morgan fingerprint density at radius 1 is 1.40 bits per heavy atom. The summed E-state index contributed by atoms with van der Waals surface area (Å²) in [5.74, 6) is -2.80. The average Bonchev–Trinajstić information content (AvgIpc) is 2.45. The number of phenols is 1. The molecule has 0 saturated carbocycles. The minimum atomic E-state index is -0.937. The molecular formula is C14H20F2N2O2. The Morgan fingerprint density at radius 2 is 2.10 bits per heavy atom. The summed E-state index contributed by atoms with van der Waals surface area (Å²) >= 11 is 0. The van der Waals surface area contributed by atoms with Crippen molar-refractivity contribution in [1.82, 2.24) is 10.2 Å². The Balaban J connectivity index is 1.81. The first-order chi connectivity index (χ1) is 9.60. The first kappa shape index (κ1) is 15.2. The minimum Gasteiger partial charge on any atom is -0.503 e. The van der Waals surface area contributed by atoms with E-state index in [1.807, 2.05) is 0 Å². The number of nitrogens with zero attached hydrogens (tertiary/aromatic N) is 1. The van der Waals surface area contributed by atoms with Gasteiger partial charge in [0.15, 0.2) is 17.4 Å². The lowest BCUT2D eigenvalue weighted by atomic mass is 10.2. The van der Waals surface area contributed by atoms with Gasteiger partial charge in [-0.05, 0) is 24.2 Å².